The Morgan fingerprint density at radius 3 is 2.52 bits per heavy atom. The van der Waals surface area contributed by atoms with Crippen LogP contribution >= 0.6 is 12.2 Å². The van der Waals surface area contributed by atoms with Gasteiger partial charge in [-0.25, -0.2) is 0 Å². The van der Waals surface area contributed by atoms with E-state index in [2.05, 4.69) is 20.8 Å². The highest BCUT2D eigenvalue weighted by molar-refractivity contribution is 7.80. The van der Waals surface area contributed by atoms with Crippen LogP contribution in [0, 0.1) is 5.92 Å². The standard InChI is InChI=1S/C19H21N5O2S/c1-4-26-15-8-6-14(7-9-15)24-22-16-10-5-13(11-17(16)23-24)20-19(27)21-18(25)12(2)3/h5-12H,4H2,1-3H3,(H2,20,21,25,27). The Morgan fingerprint density at radius 1 is 1.15 bits per heavy atom. The minimum absolute atomic E-state index is 0.130. The Morgan fingerprint density at radius 2 is 1.85 bits per heavy atom. The maximum Gasteiger partial charge on any atom is 0.228 e. The van der Waals surface area contributed by atoms with Gasteiger partial charge < -0.3 is 15.4 Å². The zero-order valence-electron chi connectivity index (χ0n) is 15.4. The number of hydrogen-bond donors (Lipinski definition) is 2. The molecule has 3 rings (SSSR count). The summed E-state index contributed by atoms with van der Waals surface area (Å²) < 4.78 is 5.45. The van der Waals surface area contributed by atoms with Crippen molar-refractivity contribution in [3.8, 4) is 11.4 Å². The molecular formula is C19H21N5O2S. The van der Waals surface area contributed by atoms with E-state index < -0.39 is 0 Å². The van der Waals surface area contributed by atoms with Crippen molar-refractivity contribution >= 4 is 40.0 Å². The third-order valence-electron chi connectivity index (χ3n) is 3.78. The van der Waals surface area contributed by atoms with Crippen molar-refractivity contribution in [3.63, 3.8) is 0 Å². The summed E-state index contributed by atoms with van der Waals surface area (Å²) in [5.41, 5.74) is 3.04. The zero-order chi connectivity index (χ0) is 19.4. The number of fused-ring (bicyclic) bond motifs is 1. The molecule has 140 valence electrons. The zero-order valence-corrected chi connectivity index (χ0v) is 16.2. The number of thiocarbonyl (C=S) groups is 1. The second kappa shape index (κ2) is 8.13. The number of carbonyl (C=O) groups is 1. The molecule has 27 heavy (non-hydrogen) atoms. The number of rotatable bonds is 5. The molecule has 1 heterocycles. The lowest BCUT2D eigenvalue weighted by Crippen LogP contribution is -2.36. The maximum absolute atomic E-state index is 11.7. The van der Waals surface area contributed by atoms with E-state index >= 15 is 0 Å². The molecule has 0 fully saturated rings. The van der Waals surface area contributed by atoms with Crippen LogP contribution in [-0.2, 0) is 4.79 Å². The van der Waals surface area contributed by atoms with Crippen molar-refractivity contribution in [2.45, 2.75) is 20.8 Å². The molecule has 2 aromatic carbocycles. The Labute approximate surface area is 162 Å². The van der Waals surface area contributed by atoms with Gasteiger partial charge in [0, 0.05) is 11.6 Å². The first-order chi connectivity index (χ1) is 13.0. The van der Waals surface area contributed by atoms with Crippen LogP contribution in [0.4, 0.5) is 5.69 Å². The summed E-state index contributed by atoms with van der Waals surface area (Å²) in [6, 6.07) is 13.1. The number of ether oxygens (including phenoxy) is 1. The van der Waals surface area contributed by atoms with Crippen LogP contribution < -0.4 is 15.4 Å². The lowest BCUT2D eigenvalue weighted by molar-refractivity contribution is -0.122. The van der Waals surface area contributed by atoms with Crippen LogP contribution in [0.25, 0.3) is 16.7 Å². The van der Waals surface area contributed by atoms with Gasteiger partial charge in [0.05, 0.1) is 12.3 Å². The molecule has 3 aromatic rings. The highest BCUT2D eigenvalue weighted by Gasteiger charge is 2.10. The second-order valence-corrected chi connectivity index (χ2v) is 6.63. The molecule has 0 unspecified atom stereocenters. The van der Waals surface area contributed by atoms with E-state index in [1.165, 1.54) is 0 Å². The van der Waals surface area contributed by atoms with Gasteiger partial charge in [-0.1, -0.05) is 13.8 Å². The van der Waals surface area contributed by atoms with E-state index in [0.717, 1.165) is 22.6 Å². The molecule has 0 aliphatic heterocycles. The highest BCUT2D eigenvalue weighted by Crippen LogP contribution is 2.19. The van der Waals surface area contributed by atoms with Gasteiger partial charge in [-0.3, -0.25) is 4.79 Å². The van der Waals surface area contributed by atoms with Crippen molar-refractivity contribution in [2.24, 2.45) is 5.92 Å². The lowest BCUT2D eigenvalue weighted by atomic mass is 10.2. The average Bonchev–Trinajstić information content (AvgIpc) is 3.05. The fraction of sp³-hybridized carbons (Fsp3) is 0.263. The van der Waals surface area contributed by atoms with Crippen LogP contribution in [0.1, 0.15) is 20.8 Å². The van der Waals surface area contributed by atoms with Crippen LogP contribution in [0.3, 0.4) is 0 Å². The summed E-state index contributed by atoms with van der Waals surface area (Å²) in [6.07, 6.45) is 0. The molecule has 1 amide bonds. The van der Waals surface area contributed by atoms with Gasteiger partial charge in [-0.2, -0.15) is 4.80 Å². The first-order valence-corrected chi connectivity index (χ1v) is 9.09. The van der Waals surface area contributed by atoms with Crippen molar-refractivity contribution in [1.29, 1.82) is 0 Å². The van der Waals surface area contributed by atoms with Crippen molar-refractivity contribution in [1.82, 2.24) is 20.3 Å². The first-order valence-electron chi connectivity index (χ1n) is 8.68. The summed E-state index contributed by atoms with van der Waals surface area (Å²) in [5, 5.41) is 14.9. The fourth-order valence-corrected chi connectivity index (χ4v) is 2.59. The number of aromatic nitrogens is 3. The molecule has 7 nitrogen and oxygen atoms in total. The number of nitrogens with zero attached hydrogens (tertiary/aromatic N) is 3. The molecule has 1 aromatic heterocycles. The summed E-state index contributed by atoms with van der Waals surface area (Å²) in [6.45, 7) is 6.19. The van der Waals surface area contributed by atoms with Gasteiger partial charge in [-0.05, 0) is 61.6 Å². The van der Waals surface area contributed by atoms with E-state index in [1.54, 1.807) is 4.80 Å². The lowest BCUT2D eigenvalue weighted by Gasteiger charge is -2.10. The summed E-state index contributed by atoms with van der Waals surface area (Å²) >= 11 is 5.17. The molecule has 0 spiro atoms. The Hall–Kier alpha value is -3.00. The van der Waals surface area contributed by atoms with Crippen LogP contribution in [0.15, 0.2) is 42.5 Å². The Balaban J connectivity index is 1.76. The molecule has 0 radical (unpaired) electrons. The second-order valence-electron chi connectivity index (χ2n) is 6.22. The minimum Gasteiger partial charge on any atom is -0.494 e. The SMILES string of the molecule is CCOc1ccc(-n2nc3ccc(NC(=S)NC(=O)C(C)C)cc3n2)cc1. The average molecular weight is 383 g/mol. The molecule has 0 aliphatic rings. The molecule has 0 aliphatic carbocycles. The highest BCUT2D eigenvalue weighted by atomic mass is 32.1. The van der Waals surface area contributed by atoms with E-state index in [0.29, 0.717) is 12.1 Å². The molecule has 0 bridgehead atoms. The molecule has 8 heteroatoms. The molecule has 2 N–H and O–H groups in total. The topological polar surface area (TPSA) is 81.1 Å². The van der Waals surface area contributed by atoms with E-state index in [1.807, 2.05) is 63.2 Å². The first kappa shape index (κ1) is 18.8. The number of benzene rings is 2. The largest absolute Gasteiger partial charge is 0.494 e. The van der Waals surface area contributed by atoms with E-state index in [4.69, 9.17) is 17.0 Å². The van der Waals surface area contributed by atoms with Crippen LogP contribution in [0.5, 0.6) is 5.75 Å². The predicted octanol–water partition coefficient (Wildman–Crippen LogP) is 3.29. The maximum atomic E-state index is 11.7. The van der Waals surface area contributed by atoms with Gasteiger partial charge in [0.15, 0.2) is 5.11 Å². The summed E-state index contributed by atoms with van der Waals surface area (Å²) in [5.74, 6) is 0.540. The number of amides is 1. The molecule has 0 saturated heterocycles. The number of carbonyl (C=O) groups excluding carboxylic acids is 1. The van der Waals surface area contributed by atoms with Crippen LogP contribution in [-0.4, -0.2) is 32.6 Å². The predicted molar refractivity (Wildman–Crippen MR) is 109 cm³/mol. The van der Waals surface area contributed by atoms with E-state index in [9.17, 15) is 4.79 Å². The van der Waals surface area contributed by atoms with Crippen molar-refractivity contribution < 1.29 is 9.53 Å². The number of nitrogens with one attached hydrogen (secondary N) is 2. The van der Waals surface area contributed by atoms with Gasteiger partial charge in [0.1, 0.15) is 16.8 Å². The monoisotopic (exact) mass is 383 g/mol. The smallest absolute Gasteiger partial charge is 0.228 e. The normalized spacial score (nSPS) is 10.8. The van der Waals surface area contributed by atoms with Gasteiger partial charge in [0.2, 0.25) is 5.91 Å². The van der Waals surface area contributed by atoms with Gasteiger partial charge in [0.25, 0.3) is 0 Å². The van der Waals surface area contributed by atoms with Gasteiger partial charge in [-0.15, -0.1) is 10.2 Å². The number of hydrogen-bond acceptors (Lipinski definition) is 5. The van der Waals surface area contributed by atoms with Gasteiger partial charge >= 0.3 is 0 Å². The minimum atomic E-state index is -0.138. The quantitative estimate of drug-likeness (QED) is 0.658. The van der Waals surface area contributed by atoms with E-state index in [-0.39, 0.29) is 16.9 Å². The Kier molecular flexibility index (Phi) is 5.66. The third kappa shape index (κ3) is 4.59. The summed E-state index contributed by atoms with van der Waals surface area (Å²) in [7, 11) is 0. The van der Waals surface area contributed by atoms with Crippen molar-refractivity contribution in [3.05, 3.63) is 42.5 Å². The third-order valence-corrected chi connectivity index (χ3v) is 3.98. The fourth-order valence-electron chi connectivity index (χ4n) is 2.37. The Bertz CT molecular complexity index is 966. The summed E-state index contributed by atoms with van der Waals surface area (Å²) in [4.78, 5) is 13.3. The molecular weight excluding hydrogens is 362 g/mol. The van der Waals surface area contributed by atoms with Crippen molar-refractivity contribution in [2.75, 3.05) is 11.9 Å². The number of anilines is 1. The molecule has 0 saturated carbocycles. The molecule has 0 atom stereocenters. The van der Waals surface area contributed by atoms with Crippen LogP contribution in [0.2, 0.25) is 0 Å².